The van der Waals surface area contributed by atoms with Gasteiger partial charge >= 0.3 is 0 Å². The predicted octanol–water partition coefficient (Wildman–Crippen LogP) is -4.07. The van der Waals surface area contributed by atoms with Crippen molar-refractivity contribution in [3.63, 3.8) is 0 Å². The first-order chi connectivity index (χ1) is 17.4. The van der Waals surface area contributed by atoms with Gasteiger partial charge in [-0.1, -0.05) is 20.8 Å². The number of carbonyl (C=O) groups excluding carboxylic acids is 6. The van der Waals surface area contributed by atoms with E-state index in [2.05, 4.69) is 38.5 Å². The van der Waals surface area contributed by atoms with Gasteiger partial charge in [-0.15, -0.1) is 0 Å². The molecule has 0 saturated carbocycles. The van der Waals surface area contributed by atoms with Crippen molar-refractivity contribution in [2.75, 3.05) is 19.6 Å². The third-order valence-corrected chi connectivity index (χ3v) is 6.28. The van der Waals surface area contributed by atoms with Gasteiger partial charge in [0, 0.05) is 49.7 Å². The Morgan fingerprint density at radius 3 is 1.24 bits per heavy atom. The number of carbonyl (C=O) groups is 6. The summed E-state index contributed by atoms with van der Waals surface area (Å²) < 4.78 is 0. The molecule has 4 amide bonds. The maximum Gasteiger partial charge on any atom is 0.278 e. The fourth-order valence-corrected chi connectivity index (χ4v) is 3.20. The molecule has 0 aliphatic rings. The molecule has 0 rings (SSSR count). The summed E-state index contributed by atoms with van der Waals surface area (Å²) in [6.07, 6.45) is 0.109. The zero-order valence-electron chi connectivity index (χ0n) is 24.1. The van der Waals surface area contributed by atoms with Crippen molar-refractivity contribution in [1.82, 2.24) is 21.3 Å². The van der Waals surface area contributed by atoms with E-state index in [0.29, 0.717) is 0 Å². The van der Waals surface area contributed by atoms with Crippen LogP contribution in [-0.2, 0) is 28.8 Å². The summed E-state index contributed by atoms with van der Waals surface area (Å²) in [6, 6.07) is -2.18. The minimum absolute atomic E-state index is 0.0544. The topological polar surface area (TPSA) is 233 Å². The molecule has 13 N–H and O–H groups in total. The molecule has 0 heterocycles. The average Bonchev–Trinajstić information content (AvgIpc) is 2.83. The summed E-state index contributed by atoms with van der Waals surface area (Å²) in [5, 5.41) is 11.0. The third kappa shape index (κ3) is 13.1. The van der Waals surface area contributed by atoms with Crippen LogP contribution in [0.3, 0.4) is 0 Å². The number of hydrogen-bond donors (Lipinski definition) is 7. The molecular weight excluding hydrogens is 494 g/mol. The summed E-state index contributed by atoms with van der Waals surface area (Å²) in [7, 11) is 0. The minimum Gasteiger partial charge on any atom is -0.355 e. The fourth-order valence-electron chi connectivity index (χ4n) is 3.20. The summed E-state index contributed by atoms with van der Waals surface area (Å²) in [6.45, 7) is 11.8. The molecule has 38 heavy (non-hydrogen) atoms. The van der Waals surface area contributed by atoms with Crippen LogP contribution in [0.15, 0.2) is 0 Å². The van der Waals surface area contributed by atoms with Crippen LogP contribution >= 0.6 is 0 Å². The van der Waals surface area contributed by atoms with E-state index in [1.165, 1.54) is 0 Å². The van der Waals surface area contributed by atoms with E-state index in [-0.39, 0.29) is 61.8 Å². The zero-order chi connectivity index (χ0) is 29.8. The first kappa shape index (κ1) is 35.1. The lowest BCUT2D eigenvalue weighted by molar-refractivity contribution is -0.398. The molecule has 0 saturated heterocycles. The van der Waals surface area contributed by atoms with Crippen molar-refractivity contribution >= 4 is 35.2 Å². The van der Waals surface area contributed by atoms with E-state index in [4.69, 9.17) is 0 Å². The first-order valence-corrected chi connectivity index (χ1v) is 13.1. The highest BCUT2D eigenvalue weighted by Crippen LogP contribution is 2.15. The van der Waals surface area contributed by atoms with Crippen LogP contribution in [0.1, 0.15) is 61.3 Å². The van der Waals surface area contributed by atoms with E-state index in [1.807, 2.05) is 0 Å². The normalized spacial score (nSPS) is 17.4. The zero-order valence-corrected chi connectivity index (χ0v) is 24.1. The number of rotatable bonds is 17. The quantitative estimate of drug-likeness (QED) is 0.0961. The molecule has 13 heteroatoms. The summed E-state index contributed by atoms with van der Waals surface area (Å²) in [5.41, 5.74) is 10.2. The number of Topliss-reactive ketones (excluding diaryl/α,β-unsaturated/α-hetero) is 2. The Morgan fingerprint density at radius 1 is 0.579 bits per heavy atom. The van der Waals surface area contributed by atoms with Crippen molar-refractivity contribution in [3.8, 4) is 0 Å². The van der Waals surface area contributed by atoms with E-state index < -0.39 is 47.3 Å². The molecule has 0 aromatic rings. The van der Waals surface area contributed by atoms with Gasteiger partial charge in [0.05, 0.1) is 0 Å². The highest BCUT2D eigenvalue weighted by Gasteiger charge is 2.31. The van der Waals surface area contributed by atoms with E-state index in [0.717, 1.165) is 0 Å². The van der Waals surface area contributed by atoms with Crippen LogP contribution < -0.4 is 38.5 Å². The Morgan fingerprint density at radius 2 is 0.921 bits per heavy atom. The van der Waals surface area contributed by atoms with Gasteiger partial charge in [0.15, 0.2) is 17.6 Å². The number of ketones is 2. The van der Waals surface area contributed by atoms with Crippen LogP contribution in [0.4, 0.5) is 0 Å². The first-order valence-electron chi connectivity index (χ1n) is 13.1. The van der Waals surface area contributed by atoms with Crippen LogP contribution in [0.5, 0.6) is 0 Å². The van der Waals surface area contributed by atoms with Crippen LogP contribution in [0.25, 0.3) is 0 Å². The SMILES string of the molecule is CC([NH3+])C(=O)CC(C)C(=O)NCC(C)(CNC(=O)C(C)CC(=O)C(C)[NH3+])CNC(=O)C(C)NC(=O)C(C)[NH3+]. The van der Waals surface area contributed by atoms with Crippen LogP contribution in [-0.4, -0.2) is 79.0 Å². The van der Waals surface area contributed by atoms with Gasteiger partial charge in [0.25, 0.3) is 5.91 Å². The number of amides is 4. The Kier molecular flexibility index (Phi) is 14.9. The van der Waals surface area contributed by atoms with Crippen LogP contribution in [0, 0.1) is 17.3 Å². The Balaban J connectivity index is 5.37. The van der Waals surface area contributed by atoms with Crippen molar-refractivity contribution in [2.24, 2.45) is 17.3 Å². The maximum absolute atomic E-state index is 12.7. The lowest BCUT2D eigenvalue weighted by Crippen LogP contribution is -2.67. The summed E-state index contributed by atoms with van der Waals surface area (Å²) >= 11 is 0. The molecule has 0 aromatic heterocycles. The highest BCUT2D eigenvalue weighted by atomic mass is 16.2. The number of hydrogen-bond acceptors (Lipinski definition) is 6. The largest absolute Gasteiger partial charge is 0.355 e. The van der Waals surface area contributed by atoms with Gasteiger partial charge in [-0.2, -0.15) is 0 Å². The van der Waals surface area contributed by atoms with Crippen molar-refractivity contribution in [1.29, 1.82) is 0 Å². The lowest BCUT2D eigenvalue weighted by atomic mass is 9.89. The Hall–Kier alpha value is -2.90. The monoisotopic (exact) mass is 544 g/mol. The van der Waals surface area contributed by atoms with E-state index >= 15 is 0 Å². The standard InChI is InChI=1S/C25H47N7O6/c1-13(8-19(33)15(3)26)21(35)29-10-25(7,11-30-22(36)14(2)9-20(34)16(4)27)12-31-24(38)18(6)32-23(37)17(5)28/h13-18H,8-12,26-28H2,1-7H3,(H,29,35)(H,30,36)(H,31,38)(H,32,37)/p+3. The molecule has 6 atom stereocenters. The molecule has 0 aliphatic heterocycles. The fraction of sp³-hybridized carbons (Fsp3) is 0.760. The van der Waals surface area contributed by atoms with Gasteiger partial charge < -0.3 is 38.5 Å². The molecule has 0 fully saturated rings. The second-order valence-electron chi connectivity index (χ2n) is 11.0. The van der Waals surface area contributed by atoms with Gasteiger partial charge in [0.1, 0.15) is 18.1 Å². The highest BCUT2D eigenvalue weighted by molar-refractivity contribution is 5.90. The van der Waals surface area contributed by atoms with Gasteiger partial charge in [-0.05, 0) is 27.7 Å². The van der Waals surface area contributed by atoms with Crippen molar-refractivity contribution in [3.05, 3.63) is 0 Å². The second-order valence-corrected chi connectivity index (χ2v) is 11.0. The molecule has 0 aliphatic carbocycles. The summed E-state index contributed by atoms with van der Waals surface area (Å²) in [4.78, 5) is 73.7. The smallest absolute Gasteiger partial charge is 0.278 e. The minimum atomic E-state index is -0.822. The molecule has 0 bridgehead atoms. The molecule has 0 radical (unpaired) electrons. The maximum atomic E-state index is 12.7. The molecule has 0 aromatic carbocycles. The molecular formula is C25H50N7O6+3. The lowest BCUT2D eigenvalue weighted by Gasteiger charge is -2.32. The van der Waals surface area contributed by atoms with Crippen molar-refractivity contribution < 1.29 is 46.0 Å². The van der Waals surface area contributed by atoms with E-state index in [9.17, 15) is 28.8 Å². The number of nitrogens with one attached hydrogen (secondary N) is 4. The number of quaternary nitrogens is 3. The van der Waals surface area contributed by atoms with E-state index in [1.54, 1.807) is 48.5 Å². The summed E-state index contributed by atoms with van der Waals surface area (Å²) in [5.74, 6) is -2.87. The second kappa shape index (κ2) is 16.1. The molecule has 13 nitrogen and oxygen atoms in total. The predicted molar refractivity (Wildman–Crippen MR) is 139 cm³/mol. The average molecular weight is 545 g/mol. The van der Waals surface area contributed by atoms with Crippen LogP contribution in [0.2, 0.25) is 0 Å². The molecule has 218 valence electrons. The van der Waals surface area contributed by atoms with Crippen molar-refractivity contribution in [2.45, 2.75) is 85.5 Å². The third-order valence-electron chi connectivity index (χ3n) is 6.28. The molecule has 6 unspecified atom stereocenters. The Labute approximate surface area is 225 Å². The van der Waals surface area contributed by atoms with Gasteiger partial charge in [0.2, 0.25) is 17.7 Å². The Bertz CT molecular complexity index is 752. The van der Waals surface area contributed by atoms with Gasteiger partial charge in [-0.25, -0.2) is 0 Å². The van der Waals surface area contributed by atoms with Gasteiger partial charge in [-0.3, -0.25) is 28.8 Å². The molecule has 0 spiro atoms.